The Hall–Kier alpha value is -3.32. The lowest BCUT2D eigenvalue weighted by Gasteiger charge is -2.39. The molecular formula is C30H25N. The van der Waals surface area contributed by atoms with Crippen LogP contribution in [-0.4, -0.2) is 4.57 Å². The first-order chi connectivity index (χ1) is 14.9. The quantitative estimate of drug-likeness (QED) is 0.251. The van der Waals surface area contributed by atoms with Crippen molar-refractivity contribution in [2.75, 3.05) is 0 Å². The number of benzene rings is 4. The molecule has 1 aliphatic heterocycles. The lowest BCUT2D eigenvalue weighted by Crippen LogP contribution is -2.31. The summed E-state index contributed by atoms with van der Waals surface area (Å²) >= 11 is 0. The summed E-state index contributed by atoms with van der Waals surface area (Å²) in [5.41, 5.74) is 12.6. The molecular weight excluding hydrogens is 374 g/mol. The van der Waals surface area contributed by atoms with Crippen LogP contribution in [0.3, 0.4) is 0 Å². The van der Waals surface area contributed by atoms with Gasteiger partial charge in [-0.05, 0) is 51.6 Å². The van der Waals surface area contributed by atoms with Crippen molar-refractivity contribution in [3.05, 3.63) is 101 Å². The van der Waals surface area contributed by atoms with E-state index < -0.39 is 0 Å². The predicted octanol–water partition coefficient (Wildman–Crippen LogP) is 7.73. The van der Waals surface area contributed by atoms with Gasteiger partial charge in [0.15, 0.2) is 0 Å². The van der Waals surface area contributed by atoms with Crippen LogP contribution in [0.1, 0.15) is 49.9 Å². The van der Waals surface area contributed by atoms with Crippen molar-refractivity contribution >= 4 is 21.8 Å². The van der Waals surface area contributed by atoms with Gasteiger partial charge in [0, 0.05) is 21.6 Å². The molecule has 1 aromatic heterocycles. The molecule has 150 valence electrons. The summed E-state index contributed by atoms with van der Waals surface area (Å²) in [4.78, 5) is 0. The highest BCUT2D eigenvalue weighted by Crippen LogP contribution is 2.58. The number of hydrogen-bond acceptors (Lipinski definition) is 0. The van der Waals surface area contributed by atoms with E-state index in [2.05, 4.69) is 111 Å². The van der Waals surface area contributed by atoms with Crippen LogP contribution in [0, 0.1) is 0 Å². The van der Waals surface area contributed by atoms with Crippen LogP contribution in [0.15, 0.2) is 78.9 Å². The Morgan fingerprint density at radius 3 is 2.06 bits per heavy atom. The van der Waals surface area contributed by atoms with Gasteiger partial charge in [-0.1, -0.05) is 88.4 Å². The van der Waals surface area contributed by atoms with Gasteiger partial charge in [-0.25, -0.2) is 0 Å². The number of nitrogens with zero attached hydrogens (tertiary/aromatic N) is 1. The Balaban J connectivity index is 1.81. The van der Waals surface area contributed by atoms with Gasteiger partial charge in [-0.3, -0.25) is 0 Å². The third-order valence-electron chi connectivity index (χ3n) is 7.92. The van der Waals surface area contributed by atoms with Crippen molar-refractivity contribution < 1.29 is 0 Å². The zero-order valence-corrected chi connectivity index (χ0v) is 18.5. The van der Waals surface area contributed by atoms with Crippen molar-refractivity contribution in [1.29, 1.82) is 0 Å². The predicted molar refractivity (Wildman–Crippen MR) is 130 cm³/mol. The molecule has 0 amide bonds. The summed E-state index contributed by atoms with van der Waals surface area (Å²) in [7, 11) is 0. The summed E-state index contributed by atoms with van der Waals surface area (Å²) in [6.07, 6.45) is 0. The number of hydrogen-bond donors (Lipinski definition) is 0. The third kappa shape index (κ3) is 1.85. The highest BCUT2D eigenvalue weighted by molar-refractivity contribution is 6.14. The summed E-state index contributed by atoms with van der Waals surface area (Å²) < 4.78 is 2.53. The second kappa shape index (κ2) is 5.29. The molecule has 1 nitrogen and oxygen atoms in total. The molecule has 0 spiro atoms. The van der Waals surface area contributed by atoms with Crippen LogP contribution >= 0.6 is 0 Å². The van der Waals surface area contributed by atoms with Gasteiger partial charge in [-0.15, -0.1) is 0 Å². The minimum Gasteiger partial charge on any atom is -0.309 e. The Labute approximate surface area is 183 Å². The number of para-hydroxylation sites is 2. The fourth-order valence-electron chi connectivity index (χ4n) is 6.58. The van der Waals surface area contributed by atoms with E-state index >= 15 is 0 Å². The van der Waals surface area contributed by atoms with Gasteiger partial charge in [0.05, 0.1) is 16.7 Å². The molecule has 4 aromatic carbocycles. The molecule has 0 unspecified atom stereocenters. The number of fused-ring (bicyclic) bond motifs is 9. The maximum Gasteiger partial charge on any atom is 0.0585 e. The van der Waals surface area contributed by atoms with E-state index in [0.29, 0.717) is 0 Å². The molecule has 1 aliphatic carbocycles. The van der Waals surface area contributed by atoms with E-state index in [9.17, 15) is 0 Å². The maximum absolute atomic E-state index is 2.53. The zero-order chi connectivity index (χ0) is 21.1. The van der Waals surface area contributed by atoms with E-state index in [-0.39, 0.29) is 10.8 Å². The lowest BCUT2D eigenvalue weighted by atomic mass is 9.68. The molecule has 2 heterocycles. The first-order valence-corrected chi connectivity index (χ1v) is 11.2. The SMILES string of the molecule is CC1(C)c2ccccc2-c2cc3c4ccccc4n4c3c(c21)C(C)(C)c1ccccc1-4. The van der Waals surface area contributed by atoms with Crippen molar-refractivity contribution in [3.8, 4) is 16.8 Å². The van der Waals surface area contributed by atoms with Gasteiger partial charge in [0.25, 0.3) is 0 Å². The normalized spacial score (nSPS) is 16.9. The van der Waals surface area contributed by atoms with Crippen LogP contribution in [0.2, 0.25) is 0 Å². The number of aromatic nitrogens is 1. The lowest BCUT2D eigenvalue weighted by molar-refractivity contribution is 0.584. The first-order valence-electron chi connectivity index (χ1n) is 11.2. The molecule has 0 radical (unpaired) electrons. The zero-order valence-electron chi connectivity index (χ0n) is 18.5. The van der Waals surface area contributed by atoms with Crippen molar-refractivity contribution in [3.63, 3.8) is 0 Å². The van der Waals surface area contributed by atoms with Gasteiger partial charge >= 0.3 is 0 Å². The van der Waals surface area contributed by atoms with Crippen LogP contribution in [0.4, 0.5) is 0 Å². The summed E-state index contributed by atoms with van der Waals surface area (Å²) in [5.74, 6) is 0. The highest BCUT2D eigenvalue weighted by atomic mass is 15.0. The average molecular weight is 400 g/mol. The molecule has 1 heteroatoms. The molecule has 2 aliphatic rings. The van der Waals surface area contributed by atoms with E-state index in [1.54, 1.807) is 0 Å². The molecule has 0 bridgehead atoms. The second-order valence-corrected chi connectivity index (χ2v) is 10.2. The minimum atomic E-state index is -0.0795. The standard InChI is InChI=1S/C30H25N/c1-29(2)22-13-7-5-11-18(22)20-17-21-19-12-6-9-15-24(19)31-25-16-10-8-14-23(25)30(3,4)27(26(20)29)28(21)31/h5-17H,1-4H3. The molecule has 0 fully saturated rings. The maximum atomic E-state index is 2.53. The highest BCUT2D eigenvalue weighted by Gasteiger charge is 2.45. The van der Waals surface area contributed by atoms with E-state index in [1.807, 2.05) is 0 Å². The molecule has 5 aromatic rings. The summed E-state index contributed by atoms with van der Waals surface area (Å²) in [5, 5.41) is 2.72. The first kappa shape index (κ1) is 17.4. The van der Waals surface area contributed by atoms with Gasteiger partial charge < -0.3 is 4.57 Å². The van der Waals surface area contributed by atoms with E-state index in [0.717, 1.165) is 0 Å². The molecule has 31 heavy (non-hydrogen) atoms. The van der Waals surface area contributed by atoms with Crippen LogP contribution in [0.25, 0.3) is 38.6 Å². The van der Waals surface area contributed by atoms with Gasteiger partial charge in [-0.2, -0.15) is 0 Å². The van der Waals surface area contributed by atoms with Crippen LogP contribution in [-0.2, 0) is 10.8 Å². The Morgan fingerprint density at radius 2 is 1.23 bits per heavy atom. The molecule has 0 N–H and O–H groups in total. The van der Waals surface area contributed by atoms with Crippen LogP contribution in [0.5, 0.6) is 0 Å². The molecule has 7 rings (SSSR count). The molecule has 0 atom stereocenters. The topological polar surface area (TPSA) is 4.93 Å². The summed E-state index contributed by atoms with van der Waals surface area (Å²) in [6, 6.07) is 29.4. The number of rotatable bonds is 0. The largest absolute Gasteiger partial charge is 0.309 e. The monoisotopic (exact) mass is 399 g/mol. The fourth-order valence-corrected chi connectivity index (χ4v) is 6.58. The molecule has 0 saturated heterocycles. The summed E-state index contributed by atoms with van der Waals surface area (Å²) in [6.45, 7) is 9.65. The second-order valence-electron chi connectivity index (χ2n) is 10.2. The van der Waals surface area contributed by atoms with Gasteiger partial charge in [0.1, 0.15) is 0 Å². The van der Waals surface area contributed by atoms with Crippen molar-refractivity contribution in [1.82, 2.24) is 4.57 Å². The van der Waals surface area contributed by atoms with Crippen LogP contribution < -0.4 is 0 Å². The smallest absolute Gasteiger partial charge is 0.0585 e. The third-order valence-corrected chi connectivity index (χ3v) is 7.92. The average Bonchev–Trinajstić information content (AvgIpc) is 3.22. The Bertz CT molecular complexity index is 1580. The van der Waals surface area contributed by atoms with E-state index in [1.165, 1.54) is 60.9 Å². The Morgan fingerprint density at radius 1 is 0.581 bits per heavy atom. The minimum absolute atomic E-state index is 0.0275. The van der Waals surface area contributed by atoms with Gasteiger partial charge in [0.2, 0.25) is 0 Å². The fraction of sp³-hybridized carbons (Fsp3) is 0.200. The van der Waals surface area contributed by atoms with Crippen molar-refractivity contribution in [2.24, 2.45) is 0 Å². The Kier molecular flexibility index (Phi) is 2.96. The van der Waals surface area contributed by atoms with Crippen molar-refractivity contribution in [2.45, 2.75) is 38.5 Å². The van der Waals surface area contributed by atoms with E-state index in [4.69, 9.17) is 0 Å². The molecule has 0 saturated carbocycles.